The summed E-state index contributed by atoms with van der Waals surface area (Å²) in [4.78, 5) is 0. The van der Waals surface area contributed by atoms with Crippen LogP contribution in [0.3, 0.4) is 0 Å². The van der Waals surface area contributed by atoms with Gasteiger partial charge in [0.05, 0.1) is 0 Å². The SMILES string of the molecule is CCCC([NH])(CC)CC. The molecule has 0 saturated heterocycles. The van der Waals surface area contributed by atoms with Gasteiger partial charge in [-0.2, -0.15) is 0 Å². The second-order valence-corrected chi connectivity index (χ2v) is 2.74. The lowest BCUT2D eigenvalue weighted by molar-refractivity contribution is 0.350. The Morgan fingerprint density at radius 1 is 1.11 bits per heavy atom. The van der Waals surface area contributed by atoms with Gasteiger partial charge in [-0.3, -0.25) is 5.73 Å². The quantitative estimate of drug-likeness (QED) is 0.556. The number of hydrogen-bond donors (Lipinski definition) is 0. The fraction of sp³-hybridized carbons (Fsp3) is 1.00. The molecule has 0 bridgehead atoms. The molecule has 0 aromatic carbocycles. The zero-order valence-corrected chi connectivity index (χ0v) is 6.83. The maximum Gasteiger partial charge on any atom is 0.0318 e. The first-order valence-corrected chi connectivity index (χ1v) is 3.93. The lowest BCUT2D eigenvalue weighted by Crippen LogP contribution is -2.28. The molecule has 0 amide bonds. The first-order chi connectivity index (χ1) is 4.18. The van der Waals surface area contributed by atoms with Crippen LogP contribution in [0.2, 0.25) is 0 Å². The van der Waals surface area contributed by atoms with E-state index in [0.717, 1.165) is 25.7 Å². The highest BCUT2D eigenvalue weighted by Gasteiger charge is 2.18. The van der Waals surface area contributed by atoms with Crippen molar-refractivity contribution in [2.24, 2.45) is 0 Å². The van der Waals surface area contributed by atoms with Crippen LogP contribution in [0, 0.1) is 0 Å². The summed E-state index contributed by atoms with van der Waals surface area (Å²) in [5.74, 6) is 0. The van der Waals surface area contributed by atoms with Gasteiger partial charge >= 0.3 is 0 Å². The van der Waals surface area contributed by atoms with E-state index in [-0.39, 0.29) is 5.54 Å². The molecule has 1 heteroatoms. The predicted molar refractivity (Wildman–Crippen MR) is 41.3 cm³/mol. The molecular weight excluding hydrogens is 110 g/mol. The Morgan fingerprint density at radius 2 is 1.56 bits per heavy atom. The third-order valence-electron chi connectivity index (χ3n) is 2.08. The molecule has 1 N–H and O–H groups in total. The van der Waals surface area contributed by atoms with E-state index in [1.165, 1.54) is 0 Å². The highest BCUT2D eigenvalue weighted by atomic mass is 14.7. The first kappa shape index (κ1) is 8.96. The van der Waals surface area contributed by atoms with Crippen molar-refractivity contribution >= 4 is 0 Å². The maximum atomic E-state index is 7.82. The summed E-state index contributed by atoms with van der Waals surface area (Å²) >= 11 is 0. The zero-order valence-electron chi connectivity index (χ0n) is 6.83. The summed E-state index contributed by atoms with van der Waals surface area (Å²) in [5.41, 5.74) is 7.70. The third-order valence-corrected chi connectivity index (χ3v) is 2.08. The van der Waals surface area contributed by atoms with Crippen LogP contribution in [-0.2, 0) is 0 Å². The average Bonchev–Trinajstić information content (AvgIpc) is 1.89. The number of hydrogen-bond acceptors (Lipinski definition) is 0. The normalized spacial score (nSPS) is 12.0. The minimum Gasteiger partial charge on any atom is -0.251 e. The van der Waals surface area contributed by atoms with Gasteiger partial charge in [0.15, 0.2) is 0 Å². The fourth-order valence-electron chi connectivity index (χ4n) is 1.08. The zero-order chi connectivity index (χ0) is 7.33. The highest BCUT2D eigenvalue weighted by Crippen LogP contribution is 2.19. The molecule has 0 aromatic heterocycles. The molecule has 1 nitrogen and oxygen atoms in total. The molecule has 0 atom stereocenters. The summed E-state index contributed by atoms with van der Waals surface area (Å²) in [6, 6.07) is 0. The highest BCUT2D eigenvalue weighted by molar-refractivity contribution is 4.78. The Labute approximate surface area is 58.6 Å². The Kier molecular flexibility index (Phi) is 3.87. The van der Waals surface area contributed by atoms with Crippen LogP contribution >= 0.6 is 0 Å². The molecule has 0 saturated carbocycles. The molecule has 55 valence electrons. The van der Waals surface area contributed by atoms with Crippen LogP contribution < -0.4 is 5.73 Å². The summed E-state index contributed by atoms with van der Waals surface area (Å²) in [6.45, 7) is 6.35. The average molecular weight is 128 g/mol. The maximum absolute atomic E-state index is 7.82. The van der Waals surface area contributed by atoms with E-state index < -0.39 is 0 Å². The standard InChI is InChI=1S/C8H18N/c1-4-7-8(9,5-2)6-3/h9H,4-7H2,1-3H3. The lowest BCUT2D eigenvalue weighted by Gasteiger charge is -2.24. The van der Waals surface area contributed by atoms with E-state index in [2.05, 4.69) is 20.8 Å². The Bertz CT molecular complexity index is 65.0. The van der Waals surface area contributed by atoms with Crippen molar-refractivity contribution in [2.75, 3.05) is 0 Å². The molecule has 9 heavy (non-hydrogen) atoms. The van der Waals surface area contributed by atoms with E-state index in [0.29, 0.717) is 0 Å². The van der Waals surface area contributed by atoms with Crippen molar-refractivity contribution in [1.29, 1.82) is 0 Å². The smallest absolute Gasteiger partial charge is 0.0318 e. The van der Waals surface area contributed by atoms with Crippen molar-refractivity contribution in [3.05, 3.63) is 0 Å². The molecule has 0 rings (SSSR count). The minimum absolute atomic E-state index is 0.116. The minimum atomic E-state index is -0.116. The van der Waals surface area contributed by atoms with Gasteiger partial charge in [0.25, 0.3) is 0 Å². The van der Waals surface area contributed by atoms with E-state index in [1.807, 2.05) is 0 Å². The summed E-state index contributed by atoms with van der Waals surface area (Å²) < 4.78 is 0. The molecule has 1 radical (unpaired) electrons. The van der Waals surface area contributed by atoms with Crippen LogP contribution in [0.5, 0.6) is 0 Å². The van der Waals surface area contributed by atoms with E-state index in [1.54, 1.807) is 0 Å². The molecule has 0 fully saturated rings. The second kappa shape index (κ2) is 3.89. The van der Waals surface area contributed by atoms with Crippen LogP contribution in [0.1, 0.15) is 46.5 Å². The third kappa shape index (κ3) is 2.85. The van der Waals surface area contributed by atoms with E-state index >= 15 is 0 Å². The van der Waals surface area contributed by atoms with Gasteiger partial charge in [-0.1, -0.05) is 27.2 Å². The second-order valence-electron chi connectivity index (χ2n) is 2.74. The molecule has 0 unspecified atom stereocenters. The van der Waals surface area contributed by atoms with Crippen molar-refractivity contribution in [3.63, 3.8) is 0 Å². The van der Waals surface area contributed by atoms with Crippen LogP contribution in [0.25, 0.3) is 0 Å². The topological polar surface area (TPSA) is 23.8 Å². The van der Waals surface area contributed by atoms with Crippen LogP contribution in [0.4, 0.5) is 0 Å². The lowest BCUT2D eigenvalue weighted by atomic mass is 9.89. The largest absolute Gasteiger partial charge is 0.251 e. The Balaban J connectivity index is 3.62. The molecule has 0 spiro atoms. The van der Waals surface area contributed by atoms with E-state index in [4.69, 9.17) is 5.73 Å². The molecule has 0 aliphatic rings. The van der Waals surface area contributed by atoms with Gasteiger partial charge < -0.3 is 0 Å². The van der Waals surface area contributed by atoms with Crippen LogP contribution in [0.15, 0.2) is 0 Å². The summed E-state index contributed by atoms with van der Waals surface area (Å²) in [5, 5.41) is 0. The predicted octanol–water partition coefficient (Wildman–Crippen LogP) is 2.63. The summed E-state index contributed by atoms with van der Waals surface area (Å²) in [6.07, 6.45) is 4.19. The first-order valence-electron chi connectivity index (χ1n) is 3.93. The van der Waals surface area contributed by atoms with E-state index in [9.17, 15) is 0 Å². The van der Waals surface area contributed by atoms with Gasteiger partial charge in [0.2, 0.25) is 0 Å². The Hall–Kier alpha value is -0.0400. The van der Waals surface area contributed by atoms with Crippen molar-refractivity contribution < 1.29 is 0 Å². The van der Waals surface area contributed by atoms with Crippen LogP contribution in [-0.4, -0.2) is 5.54 Å². The molecule has 0 aromatic rings. The number of rotatable bonds is 4. The Morgan fingerprint density at radius 3 is 1.67 bits per heavy atom. The molecule has 0 heterocycles. The van der Waals surface area contributed by atoms with Gasteiger partial charge in [-0.25, -0.2) is 0 Å². The van der Waals surface area contributed by atoms with Gasteiger partial charge in [-0.15, -0.1) is 0 Å². The fourth-order valence-corrected chi connectivity index (χ4v) is 1.08. The van der Waals surface area contributed by atoms with Gasteiger partial charge in [0, 0.05) is 5.54 Å². The molecule has 0 aliphatic heterocycles. The number of nitrogens with one attached hydrogen (secondary N) is 1. The summed E-state index contributed by atoms with van der Waals surface area (Å²) in [7, 11) is 0. The van der Waals surface area contributed by atoms with Gasteiger partial charge in [-0.05, 0) is 19.3 Å². The monoisotopic (exact) mass is 128 g/mol. The van der Waals surface area contributed by atoms with Crippen molar-refractivity contribution in [2.45, 2.75) is 52.0 Å². The molecule has 0 aliphatic carbocycles. The van der Waals surface area contributed by atoms with Crippen molar-refractivity contribution in [3.8, 4) is 0 Å². The molecular formula is C8H18N. The van der Waals surface area contributed by atoms with Gasteiger partial charge in [0.1, 0.15) is 0 Å². The van der Waals surface area contributed by atoms with Crippen molar-refractivity contribution in [1.82, 2.24) is 5.73 Å².